The SMILES string of the molecule is Brc1ccc(CC2CC2)cc1I. The molecule has 0 bridgehead atoms. The van der Waals surface area contributed by atoms with E-state index in [0.717, 1.165) is 5.92 Å². The molecule has 0 aromatic heterocycles. The third kappa shape index (κ3) is 2.22. The van der Waals surface area contributed by atoms with Crippen molar-refractivity contribution in [1.82, 2.24) is 0 Å². The Hall–Kier alpha value is 0.430. The highest BCUT2D eigenvalue weighted by Crippen LogP contribution is 2.33. The zero-order valence-corrected chi connectivity index (χ0v) is 10.4. The first-order valence-corrected chi connectivity index (χ1v) is 6.07. The van der Waals surface area contributed by atoms with Crippen LogP contribution in [0.25, 0.3) is 0 Å². The summed E-state index contributed by atoms with van der Waals surface area (Å²) in [6.07, 6.45) is 4.16. The van der Waals surface area contributed by atoms with Crippen LogP contribution in [0.3, 0.4) is 0 Å². The highest BCUT2D eigenvalue weighted by molar-refractivity contribution is 14.1. The van der Waals surface area contributed by atoms with Crippen molar-refractivity contribution in [3.63, 3.8) is 0 Å². The van der Waals surface area contributed by atoms with Crippen LogP contribution in [0.5, 0.6) is 0 Å². The zero-order chi connectivity index (χ0) is 8.55. The van der Waals surface area contributed by atoms with Crippen molar-refractivity contribution in [2.45, 2.75) is 19.3 Å². The first-order chi connectivity index (χ1) is 5.75. The molecule has 0 spiro atoms. The molecule has 1 aliphatic carbocycles. The lowest BCUT2D eigenvalue weighted by atomic mass is 10.1. The molecule has 0 radical (unpaired) electrons. The highest BCUT2D eigenvalue weighted by Gasteiger charge is 2.21. The minimum Gasteiger partial charge on any atom is -0.0578 e. The van der Waals surface area contributed by atoms with Crippen molar-refractivity contribution < 1.29 is 0 Å². The maximum atomic E-state index is 3.50. The van der Waals surface area contributed by atoms with Crippen LogP contribution in [-0.2, 0) is 6.42 Å². The molecule has 0 nitrogen and oxygen atoms in total. The fourth-order valence-electron chi connectivity index (χ4n) is 1.32. The summed E-state index contributed by atoms with van der Waals surface area (Å²) < 4.78 is 2.54. The van der Waals surface area contributed by atoms with Crippen molar-refractivity contribution in [2.75, 3.05) is 0 Å². The Bertz CT molecular complexity index is 292. The summed E-state index contributed by atoms with van der Waals surface area (Å²) in [6, 6.07) is 6.66. The molecule has 1 aromatic rings. The lowest BCUT2D eigenvalue weighted by Gasteiger charge is -2.01. The standard InChI is InChI=1S/C10H10BrI/c11-9-4-3-8(6-10(9)12)5-7-1-2-7/h3-4,6-7H,1-2,5H2. The van der Waals surface area contributed by atoms with Gasteiger partial charge in [0.1, 0.15) is 0 Å². The summed E-state index contributed by atoms with van der Waals surface area (Å²) in [4.78, 5) is 0. The van der Waals surface area contributed by atoms with Gasteiger partial charge in [-0.15, -0.1) is 0 Å². The quantitative estimate of drug-likeness (QED) is 0.716. The van der Waals surface area contributed by atoms with Crippen molar-refractivity contribution in [1.29, 1.82) is 0 Å². The second-order valence-electron chi connectivity index (χ2n) is 3.40. The van der Waals surface area contributed by atoms with Gasteiger partial charge in [-0.3, -0.25) is 0 Å². The molecule has 0 atom stereocenters. The predicted octanol–water partition coefficient (Wildman–Crippen LogP) is 4.01. The number of benzene rings is 1. The van der Waals surface area contributed by atoms with E-state index in [1.807, 2.05) is 0 Å². The van der Waals surface area contributed by atoms with Crippen LogP contribution in [-0.4, -0.2) is 0 Å². The van der Waals surface area contributed by atoms with Crippen LogP contribution in [0.15, 0.2) is 22.7 Å². The normalized spacial score (nSPS) is 16.5. The Morgan fingerprint density at radius 1 is 1.42 bits per heavy atom. The average Bonchev–Trinajstić information content (AvgIpc) is 2.81. The van der Waals surface area contributed by atoms with E-state index in [1.165, 1.54) is 32.9 Å². The summed E-state index contributed by atoms with van der Waals surface area (Å²) in [5.41, 5.74) is 1.49. The molecule has 1 aliphatic rings. The summed E-state index contributed by atoms with van der Waals surface area (Å²) in [7, 11) is 0. The van der Waals surface area contributed by atoms with Crippen molar-refractivity contribution >= 4 is 38.5 Å². The maximum Gasteiger partial charge on any atom is 0.0309 e. The molecule has 1 saturated carbocycles. The second-order valence-corrected chi connectivity index (χ2v) is 5.41. The van der Waals surface area contributed by atoms with Gasteiger partial charge >= 0.3 is 0 Å². The Labute approximate surface area is 95.0 Å². The van der Waals surface area contributed by atoms with Gasteiger partial charge in [0.2, 0.25) is 0 Å². The van der Waals surface area contributed by atoms with Crippen molar-refractivity contribution in [3.05, 3.63) is 31.8 Å². The second kappa shape index (κ2) is 3.66. The Morgan fingerprint density at radius 2 is 2.17 bits per heavy atom. The van der Waals surface area contributed by atoms with E-state index in [2.05, 4.69) is 56.7 Å². The van der Waals surface area contributed by atoms with Crippen LogP contribution in [0.2, 0.25) is 0 Å². The molecule has 64 valence electrons. The third-order valence-electron chi connectivity index (χ3n) is 2.21. The summed E-state index contributed by atoms with van der Waals surface area (Å²) in [5, 5.41) is 0. The molecule has 0 unspecified atom stereocenters. The van der Waals surface area contributed by atoms with Gasteiger partial charge in [0.15, 0.2) is 0 Å². The molecule has 0 aliphatic heterocycles. The minimum atomic E-state index is 0.988. The molecule has 0 heterocycles. The number of hydrogen-bond acceptors (Lipinski definition) is 0. The predicted molar refractivity (Wildman–Crippen MR) is 63.3 cm³/mol. The van der Waals surface area contributed by atoms with Crippen molar-refractivity contribution in [2.24, 2.45) is 5.92 Å². The third-order valence-corrected chi connectivity index (χ3v) is 4.53. The van der Waals surface area contributed by atoms with Crippen LogP contribution in [0.4, 0.5) is 0 Å². The smallest absolute Gasteiger partial charge is 0.0309 e. The van der Waals surface area contributed by atoms with Gasteiger partial charge in [-0.05, 0) is 81.4 Å². The molecule has 0 amide bonds. The van der Waals surface area contributed by atoms with E-state index in [4.69, 9.17) is 0 Å². The molecule has 2 heteroatoms. The first-order valence-electron chi connectivity index (χ1n) is 4.19. The molecular formula is C10H10BrI. The van der Waals surface area contributed by atoms with Crippen LogP contribution >= 0.6 is 38.5 Å². The van der Waals surface area contributed by atoms with Gasteiger partial charge in [0.05, 0.1) is 0 Å². The molecular weight excluding hydrogens is 327 g/mol. The fourth-order valence-corrected chi connectivity index (χ4v) is 2.15. The number of rotatable bonds is 2. The molecule has 1 aromatic carbocycles. The molecule has 12 heavy (non-hydrogen) atoms. The van der Waals surface area contributed by atoms with Crippen LogP contribution in [0, 0.1) is 9.49 Å². The van der Waals surface area contributed by atoms with E-state index in [-0.39, 0.29) is 0 Å². The maximum absolute atomic E-state index is 3.50. The first kappa shape index (κ1) is 9.00. The Morgan fingerprint density at radius 3 is 2.75 bits per heavy atom. The van der Waals surface area contributed by atoms with Gasteiger partial charge in [0.25, 0.3) is 0 Å². The van der Waals surface area contributed by atoms with E-state index in [1.54, 1.807) is 0 Å². The number of halogens is 2. The van der Waals surface area contributed by atoms with Crippen LogP contribution < -0.4 is 0 Å². The fraction of sp³-hybridized carbons (Fsp3) is 0.400. The summed E-state index contributed by atoms with van der Waals surface area (Å²) >= 11 is 5.87. The monoisotopic (exact) mass is 336 g/mol. The lowest BCUT2D eigenvalue weighted by molar-refractivity contribution is 0.831. The minimum absolute atomic E-state index is 0.988. The van der Waals surface area contributed by atoms with Crippen molar-refractivity contribution in [3.8, 4) is 0 Å². The highest BCUT2D eigenvalue weighted by atomic mass is 127. The van der Waals surface area contributed by atoms with Gasteiger partial charge in [-0.2, -0.15) is 0 Å². The topological polar surface area (TPSA) is 0 Å². The zero-order valence-electron chi connectivity index (χ0n) is 6.69. The van der Waals surface area contributed by atoms with Gasteiger partial charge in [-0.1, -0.05) is 6.07 Å². The summed E-state index contributed by atoms with van der Waals surface area (Å²) in [5.74, 6) is 0.988. The Kier molecular flexibility index (Phi) is 2.75. The Balaban J connectivity index is 2.15. The molecule has 2 rings (SSSR count). The molecule has 1 fully saturated rings. The van der Waals surface area contributed by atoms with Crippen LogP contribution in [0.1, 0.15) is 18.4 Å². The molecule has 0 N–H and O–H groups in total. The van der Waals surface area contributed by atoms with E-state index < -0.39 is 0 Å². The largest absolute Gasteiger partial charge is 0.0578 e. The van der Waals surface area contributed by atoms with Gasteiger partial charge in [-0.25, -0.2) is 0 Å². The summed E-state index contributed by atoms with van der Waals surface area (Å²) in [6.45, 7) is 0. The van der Waals surface area contributed by atoms with E-state index in [9.17, 15) is 0 Å². The van der Waals surface area contributed by atoms with Gasteiger partial charge in [0, 0.05) is 8.04 Å². The van der Waals surface area contributed by atoms with E-state index in [0.29, 0.717) is 0 Å². The molecule has 0 saturated heterocycles. The van der Waals surface area contributed by atoms with E-state index >= 15 is 0 Å². The number of hydrogen-bond donors (Lipinski definition) is 0. The van der Waals surface area contributed by atoms with Gasteiger partial charge < -0.3 is 0 Å². The average molecular weight is 337 g/mol. The lowest BCUT2D eigenvalue weighted by Crippen LogP contribution is -1.87.